The van der Waals surface area contributed by atoms with E-state index in [9.17, 15) is 10.2 Å². The fourth-order valence-corrected chi connectivity index (χ4v) is 2.42. The lowest BCUT2D eigenvalue weighted by Crippen LogP contribution is -2.37. The number of ether oxygens (including phenoxy) is 1. The molecule has 2 N–H and O–H groups in total. The Morgan fingerprint density at radius 3 is 2.59 bits per heavy atom. The molecule has 0 aromatic heterocycles. The highest BCUT2D eigenvalue weighted by Crippen LogP contribution is 2.25. The Bertz CT molecular complexity index is 211. The van der Waals surface area contributed by atoms with Gasteiger partial charge >= 0.3 is 0 Å². The van der Waals surface area contributed by atoms with Crippen LogP contribution in [-0.2, 0) is 4.74 Å². The summed E-state index contributed by atoms with van der Waals surface area (Å²) in [6.07, 6.45) is 2.72. The average molecular weight is 245 g/mol. The maximum atomic E-state index is 9.78. The van der Waals surface area contributed by atoms with Crippen LogP contribution in [0.5, 0.6) is 0 Å². The third-order valence-electron chi connectivity index (χ3n) is 3.31. The molecule has 0 aromatic carbocycles. The van der Waals surface area contributed by atoms with Crippen molar-refractivity contribution in [3.63, 3.8) is 0 Å². The maximum absolute atomic E-state index is 9.78. The molecule has 0 heterocycles. The standard InChI is InChI=1S/C13H27NO3/c1-10(2)17-9-12(15)8-14(3)7-11-5-4-6-13(11)16/h10-13,15-16H,4-9H2,1-3H3. The summed E-state index contributed by atoms with van der Waals surface area (Å²) in [5, 5.41) is 19.5. The van der Waals surface area contributed by atoms with Crippen molar-refractivity contribution in [2.45, 2.75) is 51.4 Å². The largest absolute Gasteiger partial charge is 0.393 e. The summed E-state index contributed by atoms with van der Waals surface area (Å²) in [4.78, 5) is 2.09. The van der Waals surface area contributed by atoms with Crippen molar-refractivity contribution in [1.29, 1.82) is 0 Å². The van der Waals surface area contributed by atoms with E-state index >= 15 is 0 Å². The van der Waals surface area contributed by atoms with Gasteiger partial charge in [0.1, 0.15) is 0 Å². The first-order chi connectivity index (χ1) is 7.99. The molecule has 102 valence electrons. The lowest BCUT2D eigenvalue weighted by atomic mass is 10.1. The predicted molar refractivity (Wildman–Crippen MR) is 67.9 cm³/mol. The van der Waals surface area contributed by atoms with E-state index < -0.39 is 6.10 Å². The number of hydrogen-bond acceptors (Lipinski definition) is 4. The van der Waals surface area contributed by atoms with E-state index in [1.807, 2.05) is 20.9 Å². The van der Waals surface area contributed by atoms with Crippen molar-refractivity contribution in [2.75, 3.05) is 26.7 Å². The van der Waals surface area contributed by atoms with Crippen molar-refractivity contribution < 1.29 is 14.9 Å². The molecule has 0 aromatic rings. The molecule has 1 saturated carbocycles. The third-order valence-corrected chi connectivity index (χ3v) is 3.31. The third kappa shape index (κ3) is 5.82. The predicted octanol–water partition coefficient (Wildman–Crippen LogP) is 0.865. The minimum Gasteiger partial charge on any atom is -0.393 e. The Balaban J connectivity index is 2.17. The van der Waals surface area contributed by atoms with Crippen LogP contribution < -0.4 is 0 Å². The van der Waals surface area contributed by atoms with E-state index in [0.29, 0.717) is 19.1 Å². The van der Waals surface area contributed by atoms with Gasteiger partial charge in [-0.2, -0.15) is 0 Å². The zero-order chi connectivity index (χ0) is 12.8. The molecule has 4 heteroatoms. The van der Waals surface area contributed by atoms with Gasteiger partial charge in [0, 0.05) is 13.1 Å². The zero-order valence-electron chi connectivity index (χ0n) is 11.3. The van der Waals surface area contributed by atoms with Crippen LogP contribution in [-0.4, -0.2) is 60.2 Å². The fraction of sp³-hybridized carbons (Fsp3) is 1.00. The molecule has 3 unspecified atom stereocenters. The monoisotopic (exact) mass is 245 g/mol. The van der Waals surface area contributed by atoms with E-state index in [0.717, 1.165) is 25.8 Å². The molecule has 0 bridgehead atoms. The molecule has 3 atom stereocenters. The molecule has 4 nitrogen and oxygen atoms in total. The summed E-state index contributed by atoms with van der Waals surface area (Å²) in [6, 6.07) is 0. The van der Waals surface area contributed by atoms with Gasteiger partial charge in [0.2, 0.25) is 0 Å². The van der Waals surface area contributed by atoms with Gasteiger partial charge in [0.05, 0.1) is 24.9 Å². The molecule has 17 heavy (non-hydrogen) atoms. The van der Waals surface area contributed by atoms with E-state index in [1.165, 1.54) is 0 Å². The van der Waals surface area contributed by atoms with Crippen molar-refractivity contribution in [3.05, 3.63) is 0 Å². The van der Waals surface area contributed by atoms with Gasteiger partial charge in [-0.1, -0.05) is 6.42 Å². The van der Waals surface area contributed by atoms with Crippen molar-refractivity contribution >= 4 is 0 Å². The second-order valence-corrected chi connectivity index (χ2v) is 5.52. The Labute approximate surface area is 105 Å². The highest BCUT2D eigenvalue weighted by molar-refractivity contribution is 4.79. The Morgan fingerprint density at radius 1 is 1.35 bits per heavy atom. The van der Waals surface area contributed by atoms with Crippen LogP contribution in [0.25, 0.3) is 0 Å². The lowest BCUT2D eigenvalue weighted by molar-refractivity contribution is -0.00901. The SMILES string of the molecule is CC(C)OCC(O)CN(C)CC1CCCC1O. The fourth-order valence-electron chi connectivity index (χ4n) is 2.42. The first-order valence-corrected chi connectivity index (χ1v) is 6.65. The molecular formula is C13H27NO3. The van der Waals surface area contributed by atoms with Gasteiger partial charge < -0.3 is 19.8 Å². The summed E-state index contributed by atoms with van der Waals surface area (Å²) in [6.45, 7) is 5.78. The van der Waals surface area contributed by atoms with Crippen molar-refractivity contribution in [1.82, 2.24) is 4.90 Å². The number of rotatable bonds is 7. The number of likely N-dealkylation sites (N-methyl/N-ethyl adjacent to an activating group) is 1. The molecule has 1 aliphatic carbocycles. The van der Waals surface area contributed by atoms with Crippen molar-refractivity contribution in [3.8, 4) is 0 Å². The van der Waals surface area contributed by atoms with Crippen LogP contribution in [0.15, 0.2) is 0 Å². The molecule has 0 amide bonds. The highest BCUT2D eigenvalue weighted by atomic mass is 16.5. The minimum absolute atomic E-state index is 0.151. The van der Waals surface area contributed by atoms with Gasteiger partial charge in [0.25, 0.3) is 0 Å². The van der Waals surface area contributed by atoms with Crippen LogP contribution >= 0.6 is 0 Å². The molecule has 1 fully saturated rings. The van der Waals surface area contributed by atoms with E-state index in [4.69, 9.17) is 4.74 Å². The number of aliphatic hydroxyl groups excluding tert-OH is 2. The van der Waals surface area contributed by atoms with Crippen LogP contribution in [0.4, 0.5) is 0 Å². The zero-order valence-corrected chi connectivity index (χ0v) is 11.3. The molecule has 0 spiro atoms. The molecule has 0 saturated heterocycles. The molecule has 0 aliphatic heterocycles. The van der Waals surface area contributed by atoms with Gasteiger partial charge in [-0.15, -0.1) is 0 Å². The van der Waals surface area contributed by atoms with E-state index in [2.05, 4.69) is 4.90 Å². The van der Waals surface area contributed by atoms with Crippen molar-refractivity contribution in [2.24, 2.45) is 5.92 Å². The minimum atomic E-state index is -0.444. The van der Waals surface area contributed by atoms with Gasteiger partial charge in [-0.05, 0) is 39.7 Å². The number of hydrogen-bond donors (Lipinski definition) is 2. The molecule has 1 aliphatic rings. The Morgan fingerprint density at radius 2 is 2.06 bits per heavy atom. The van der Waals surface area contributed by atoms with Crippen LogP contribution in [0, 0.1) is 5.92 Å². The van der Waals surface area contributed by atoms with Gasteiger partial charge in [0.15, 0.2) is 0 Å². The first-order valence-electron chi connectivity index (χ1n) is 6.65. The van der Waals surface area contributed by atoms with Gasteiger partial charge in [-0.25, -0.2) is 0 Å². The van der Waals surface area contributed by atoms with Crippen LogP contribution in [0.3, 0.4) is 0 Å². The summed E-state index contributed by atoms with van der Waals surface area (Å²) in [7, 11) is 1.99. The van der Waals surface area contributed by atoms with E-state index in [-0.39, 0.29) is 12.2 Å². The highest BCUT2D eigenvalue weighted by Gasteiger charge is 2.26. The summed E-state index contributed by atoms with van der Waals surface area (Å²) < 4.78 is 5.37. The molecular weight excluding hydrogens is 218 g/mol. The second kappa shape index (κ2) is 7.31. The van der Waals surface area contributed by atoms with Gasteiger partial charge in [-0.3, -0.25) is 0 Å². The normalized spacial score (nSPS) is 27.0. The second-order valence-electron chi connectivity index (χ2n) is 5.52. The van der Waals surface area contributed by atoms with Crippen LogP contribution in [0.1, 0.15) is 33.1 Å². The van der Waals surface area contributed by atoms with E-state index in [1.54, 1.807) is 0 Å². The first kappa shape index (κ1) is 14.9. The lowest BCUT2D eigenvalue weighted by Gasteiger charge is -2.25. The number of aliphatic hydroxyl groups is 2. The molecule has 1 rings (SSSR count). The summed E-state index contributed by atoms with van der Waals surface area (Å²) >= 11 is 0. The summed E-state index contributed by atoms with van der Waals surface area (Å²) in [5.41, 5.74) is 0. The Hall–Kier alpha value is -0.160. The number of nitrogens with zero attached hydrogens (tertiary/aromatic N) is 1. The molecule has 0 radical (unpaired) electrons. The Kier molecular flexibility index (Phi) is 6.41. The van der Waals surface area contributed by atoms with Crippen LogP contribution in [0.2, 0.25) is 0 Å². The average Bonchev–Trinajstić information content (AvgIpc) is 2.61. The maximum Gasteiger partial charge on any atom is 0.0900 e. The summed E-state index contributed by atoms with van der Waals surface area (Å²) in [5.74, 6) is 0.373. The quantitative estimate of drug-likeness (QED) is 0.699. The topological polar surface area (TPSA) is 52.9 Å². The smallest absolute Gasteiger partial charge is 0.0900 e.